The molecule has 0 radical (unpaired) electrons. The molecule has 0 fully saturated rings. The SMILES string of the molecule is CC(CO)c1cccc(CC(F)(F)F)c1. The van der Waals surface area contributed by atoms with E-state index in [1.807, 2.05) is 0 Å². The van der Waals surface area contributed by atoms with Gasteiger partial charge in [-0.15, -0.1) is 0 Å². The van der Waals surface area contributed by atoms with E-state index in [4.69, 9.17) is 5.11 Å². The first-order valence-electron chi connectivity index (χ1n) is 4.69. The van der Waals surface area contributed by atoms with Crippen LogP contribution in [0, 0.1) is 0 Å². The molecule has 1 atom stereocenters. The fraction of sp³-hybridized carbons (Fsp3) is 0.455. The van der Waals surface area contributed by atoms with Crippen LogP contribution >= 0.6 is 0 Å². The average molecular weight is 218 g/mol. The minimum absolute atomic E-state index is 0.0600. The number of halogens is 3. The van der Waals surface area contributed by atoms with Crippen LogP contribution in [0.1, 0.15) is 24.0 Å². The summed E-state index contributed by atoms with van der Waals surface area (Å²) in [4.78, 5) is 0. The van der Waals surface area contributed by atoms with Gasteiger partial charge < -0.3 is 5.11 Å². The molecule has 15 heavy (non-hydrogen) atoms. The van der Waals surface area contributed by atoms with Crippen molar-refractivity contribution >= 4 is 0 Å². The van der Waals surface area contributed by atoms with Gasteiger partial charge in [0.15, 0.2) is 0 Å². The third-order valence-corrected chi connectivity index (χ3v) is 2.20. The molecule has 1 rings (SSSR count). The molecule has 0 saturated heterocycles. The normalized spacial score (nSPS) is 13.9. The van der Waals surface area contributed by atoms with Gasteiger partial charge in [0, 0.05) is 12.5 Å². The van der Waals surface area contributed by atoms with Gasteiger partial charge in [0.05, 0.1) is 6.42 Å². The number of hydrogen-bond donors (Lipinski definition) is 1. The van der Waals surface area contributed by atoms with Gasteiger partial charge in [0.25, 0.3) is 0 Å². The Labute approximate surface area is 86.5 Å². The van der Waals surface area contributed by atoms with Crippen molar-refractivity contribution in [1.82, 2.24) is 0 Å². The molecule has 1 unspecified atom stereocenters. The van der Waals surface area contributed by atoms with E-state index in [0.717, 1.165) is 5.56 Å². The molecule has 1 N–H and O–H groups in total. The van der Waals surface area contributed by atoms with Crippen molar-refractivity contribution in [2.24, 2.45) is 0 Å². The number of benzene rings is 1. The van der Waals surface area contributed by atoms with Gasteiger partial charge in [0.2, 0.25) is 0 Å². The number of hydrogen-bond acceptors (Lipinski definition) is 1. The third kappa shape index (κ3) is 3.91. The second-order valence-electron chi connectivity index (χ2n) is 3.62. The first kappa shape index (κ1) is 12.0. The van der Waals surface area contributed by atoms with E-state index in [0.29, 0.717) is 0 Å². The van der Waals surface area contributed by atoms with Crippen molar-refractivity contribution in [2.45, 2.75) is 25.4 Å². The summed E-state index contributed by atoms with van der Waals surface area (Å²) in [5.74, 6) is -0.127. The van der Waals surface area contributed by atoms with E-state index in [9.17, 15) is 13.2 Å². The molecular weight excluding hydrogens is 205 g/mol. The third-order valence-electron chi connectivity index (χ3n) is 2.20. The van der Waals surface area contributed by atoms with Crippen LogP contribution in [0.4, 0.5) is 13.2 Å². The van der Waals surface area contributed by atoms with Gasteiger partial charge in [-0.3, -0.25) is 0 Å². The summed E-state index contributed by atoms with van der Waals surface area (Å²) in [6, 6.07) is 6.25. The van der Waals surface area contributed by atoms with E-state index in [1.54, 1.807) is 19.1 Å². The maximum atomic E-state index is 12.1. The highest BCUT2D eigenvalue weighted by atomic mass is 19.4. The Hall–Kier alpha value is -1.03. The number of aliphatic hydroxyl groups is 1. The average Bonchev–Trinajstić information content (AvgIpc) is 2.14. The molecule has 0 aliphatic rings. The molecular formula is C11H13F3O. The second-order valence-corrected chi connectivity index (χ2v) is 3.62. The minimum Gasteiger partial charge on any atom is -0.396 e. The second kappa shape index (κ2) is 4.66. The van der Waals surface area contributed by atoms with E-state index in [1.165, 1.54) is 12.1 Å². The van der Waals surface area contributed by atoms with E-state index in [-0.39, 0.29) is 18.1 Å². The lowest BCUT2D eigenvalue weighted by Gasteiger charge is -2.11. The monoisotopic (exact) mass is 218 g/mol. The molecule has 0 amide bonds. The van der Waals surface area contributed by atoms with Crippen LogP contribution < -0.4 is 0 Å². The first-order valence-corrected chi connectivity index (χ1v) is 4.69. The van der Waals surface area contributed by atoms with E-state index >= 15 is 0 Å². The predicted octanol–water partition coefficient (Wildman–Crippen LogP) is 2.89. The van der Waals surface area contributed by atoms with Crippen molar-refractivity contribution in [3.8, 4) is 0 Å². The quantitative estimate of drug-likeness (QED) is 0.827. The lowest BCUT2D eigenvalue weighted by Crippen LogP contribution is -2.12. The Morgan fingerprint density at radius 3 is 2.53 bits per heavy atom. The zero-order valence-corrected chi connectivity index (χ0v) is 8.38. The van der Waals surface area contributed by atoms with Crippen LogP contribution in [0.3, 0.4) is 0 Å². The summed E-state index contributed by atoms with van der Waals surface area (Å²) in [6.07, 6.45) is -5.10. The van der Waals surface area contributed by atoms with Gasteiger partial charge >= 0.3 is 6.18 Å². The highest BCUT2D eigenvalue weighted by Crippen LogP contribution is 2.23. The van der Waals surface area contributed by atoms with Crippen molar-refractivity contribution in [2.75, 3.05) is 6.61 Å². The summed E-state index contributed by atoms with van der Waals surface area (Å²) < 4.78 is 36.3. The van der Waals surface area contributed by atoms with Crippen LogP contribution in [-0.2, 0) is 6.42 Å². The van der Waals surface area contributed by atoms with Gasteiger partial charge in [-0.2, -0.15) is 13.2 Å². The van der Waals surface area contributed by atoms with Gasteiger partial charge in [0.1, 0.15) is 0 Å². The zero-order chi connectivity index (χ0) is 11.5. The predicted molar refractivity (Wildman–Crippen MR) is 51.7 cm³/mol. The highest BCUT2D eigenvalue weighted by molar-refractivity contribution is 5.26. The van der Waals surface area contributed by atoms with Crippen LogP contribution in [0.15, 0.2) is 24.3 Å². The number of alkyl halides is 3. The molecule has 0 aromatic heterocycles. The van der Waals surface area contributed by atoms with Crippen LogP contribution in [0.5, 0.6) is 0 Å². The van der Waals surface area contributed by atoms with Crippen LogP contribution in [-0.4, -0.2) is 17.9 Å². The van der Waals surface area contributed by atoms with Crippen LogP contribution in [0.25, 0.3) is 0 Å². The van der Waals surface area contributed by atoms with Crippen molar-refractivity contribution in [3.05, 3.63) is 35.4 Å². The molecule has 0 saturated carbocycles. The molecule has 1 aromatic rings. The first-order chi connectivity index (χ1) is 6.92. The van der Waals surface area contributed by atoms with Gasteiger partial charge in [-0.05, 0) is 11.1 Å². The topological polar surface area (TPSA) is 20.2 Å². The van der Waals surface area contributed by atoms with Crippen LogP contribution in [0.2, 0.25) is 0 Å². The molecule has 0 heterocycles. The Bertz CT molecular complexity index is 320. The van der Waals surface area contributed by atoms with Gasteiger partial charge in [-0.25, -0.2) is 0 Å². The summed E-state index contributed by atoms with van der Waals surface area (Å²) in [7, 11) is 0. The molecule has 0 aliphatic heterocycles. The van der Waals surface area contributed by atoms with Crippen molar-refractivity contribution < 1.29 is 18.3 Å². The molecule has 0 spiro atoms. The Morgan fingerprint density at radius 2 is 2.00 bits per heavy atom. The Balaban J connectivity index is 2.83. The lowest BCUT2D eigenvalue weighted by atomic mass is 9.99. The van der Waals surface area contributed by atoms with E-state index < -0.39 is 12.6 Å². The lowest BCUT2D eigenvalue weighted by molar-refractivity contribution is -0.127. The highest BCUT2D eigenvalue weighted by Gasteiger charge is 2.27. The summed E-state index contributed by atoms with van der Waals surface area (Å²) in [5, 5.41) is 8.89. The van der Waals surface area contributed by atoms with Crippen molar-refractivity contribution in [1.29, 1.82) is 0 Å². The smallest absolute Gasteiger partial charge is 0.393 e. The fourth-order valence-corrected chi connectivity index (χ4v) is 1.35. The Morgan fingerprint density at radius 1 is 1.33 bits per heavy atom. The molecule has 0 aliphatic carbocycles. The summed E-state index contributed by atoms with van der Waals surface area (Å²) >= 11 is 0. The molecule has 1 aromatic carbocycles. The summed E-state index contributed by atoms with van der Waals surface area (Å²) in [6.45, 7) is 1.71. The molecule has 0 bridgehead atoms. The molecule has 1 nitrogen and oxygen atoms in total. The van der Waals surface area contributed by atoms with Gasteiger partial charge in [-0.1, -0.05) is 31.2 Å². The molecule has 4 heteroatoms. The Kier molecular flexibility index (Phi) is 3.74. The van der Waals surface area contributed by atoms with E-state index in [2.05, 4.69) is 0 Å². The minimum atomic E-state index is -4.18. The number of aliphatic hydroxyl groups excluding tert-OH is 1. The molecule has 84 valence electrons. The maximum absolute atomic E-state index is 12.1. The number of rotatable bonds is 3. The van der Waals surface area contributed by atoms with Crippen molar-refractivity contribution in [3.63, 3.8) is 0 Å². The largest absolute Gasteiger partial charge is 0.396 e. The zero-order valence-electron chi connectivity index (χ0n) is 8.38. The maximum Gasteiger partial charge on any atom is 0.393 e. The fourth-order valence-electron chi connectivity index (χ4n) is 1.35. The standard InChI is InChI=1S/C11H13F3O/c1-8(7-15)10-4-2-3-9(5-10)6-11(12,13)14/h2-5,8,15H,6-7H2,1H3. The summed E-state index contributed by atoms with van der Waals surface area (Å²) in [5.41, 5.74) is 0.972.